The maximum Gasteiger partial charge on any atom is 0.347 e. The second-order valence-corrected chi connectivity index (χ2v) is 9.02. The Morgan fingerprint density at radius 2 is 1.24 bits per heavy atom. The van der Waals surface area contributed by atoms with Crippen LogP contribution >= 0.6 is 0 Å². The van der Waals surface area contributed by atoms with Crippen molar-refractivity contribution in [2.45, 2.75) is 96.5 Å². The van der Waals surface area contributed by atoms with E-state index in [2.05, 4.69) is 13.0 Å². The summed E-state index contributed by atoms with van der Waals surface area (Å²) in [5.41, 5.74) is 2.71. The van der Waals surface area contributed by atoms with Crippen LogP contribution < -0.4 is 4.74 Å². The van der Waals surface area contributed by atoms with E-state index in [1.165, 1.54) is 71.3 Å². The molecule has 1 atom stereocenters. The Kier molecular flexibility index (Phi) is 13.5. The zero-order valence-electron chi connectivity index (χ0n) is 21.1. The van der Waals surface area contributed by atoms with E-state index >= 15 is 0 Å². The number of benzene rings is 2. The van der Waals surface area contributed by atoms with E-state index in [0.717, 1.165) is 24.0 Å². The van der Waals surface area contributed by atoms with Gasteiger partial charge >= 0.3 is 5.97 Å². The van der Waals surface area contributed by atoms with Gasteiger partial charge in [-0.2, -0.15) is 5.26 Å². The number of unbranched alkanes of at least 4 members (excludes halogenated alkanes) is 11. The van der Waals surface area contributed by atoms with Crippen LogP contribution in [0.15, 0.2) is 48.5 Å². The Hall–Kier alpha value is -2.80. The minimum atomic E-state index is -0.575. The maximum absolute atomic E-state index is 12.2. The molecule has 0 spiro atoms. The lowest BCUT2D eigenvalue weighted by molar-refractivity contribution is -0.149. The van der Waals surface area contributed by atoms with Crippen LogP contribution in [0.25, 0.3) is 11.1 Å². The molecule has 0 radical (unpaired) electrons. The summed E-state index contributed by atoms with van der Waals surface area (Å²) in [6.45, 7) is 2.26. The van der Waals surface area contributed by atoms with Crippen molar-refractivity contribution in [1.29, 1.82) is 5.26 Å². The molecule has 0 heterocycles. The summed E-state index contributed by atoms with van der Waals surface area (Å²) in [4.78, 5) is 12.2. The number of rotatable bonds is 17. The van der Waals surface area contributed by atoms with Crippen molar-refractivity contribution in [3.8, 4) is 22.9 Å². The minimum Gasteiger partial charge on any atom is -0.479 e. The van der Waals surface area contributed by atoms with Gasteiger partial charge in [-0.3, -0.25) is 0 Å². The molecule has 2 rings (SSSR count). The molecule has 0 aliphatic carbocycles. The van der Waals surface area contributed by atoms with Gasteiger partial charge in [0.25, 0.3) is 0 Å². The van der Waals surface area contributed by atoms with Crippen LogP contribution in [0.1, 0.15) is 96.0 Å². The average Bonchev–Trinajstić information content (AvgIpc) is 2.88. The van der Waals surface area contributed by atoms with Crippen LogP contribution in [-0.2, 0) is 9.53 Å². The molecule has 0 bridgehead atoms. The number of nitriles is 1. The van der Waals surface area contributed by atoms with Gasteiger partial charge in [0.2, 0.25) is 0 Å². The summed E-state index contributed by atoms with van der Waals surface area (Å²) in [6.07, 6.45) is 15.5. The molecule has 0 saturated carbocycles. The number of methoxy groups -OCH3 is 1. The predicted molar refractivity (Wildman–Crippen MR) is 139 cm³/mol. The van der Waals surface area contributed by atoms with Gasteiger partial charge in [-0.05, 0) is 48.2 Å². The van der Waals surface area contributed by atoms with Crippen molar-refractivity contribution < 1.29 is 14.3 Å². The number of ether oxygens (including phenoxy) is 2. The standard InChI is InChI=1S/C30H41NO3/c1-3-4-5-6-7-8-9-10-11-12-13-14-15-29(30(32)33-2)34-28-22-20-27(21-23-28)26-18-16-25(24-31)17-19-26/h16-23,29H,3-15H2,1-2H3. The summed E-state index contributed by atoms with van der Waals surface area (Å²) in [6, 6.07) is 17.3. The highest BCUT2D eigenvalue weighted by Crippen LogP contribution is 2.24. The molecule has 4 nitrogen and oxygen atoms in total. The van der Waals surface area contributed by atoms with Gasteiger partial charge in [0.05, 0.1) is 18.7 Å². The highest BCUT2D eigenvalue weighted by Gasteiger charge is 2.20. The average molecular weight is 464 g/mol. The fourth-order valence-corrected chi connectivity index (χ4v) is 4.15. The molecule has 0 aliphatic rings. The van der Waals surface area contributed by atoms with Gasteiger partial charge < -0.3 is 9.47 Å². The first-order valence-corrected chi connectivity index (χ1v) is 13.0. The first-order chi connectivity index (χ1) is 16.7. The molecule has 34 heavy (non-hydrogen) atoms. The van der Waals surface area contributed by atoms with E-state index < -0.39 is 6.10 Å². The van der Waals surface area contributed by atoms with Gasteiger partial charge in [0.15, 0.2) is 6.10 Å². The van der Waals surface area contributed by atoms with E-state index in [-0.39, 0.29) is 5.97 Å². The number of esters is 1. The van der Waals surface area contributed by atoms with Gasteiger partial charge in [0, 0.05) is 0 Å². The lowest BCUT2D eigenvalue weighted by Gasteiger charge is -2.17. The molecule has 0 N–H and O–H groups in total. The number of carbonyl (C=O) groups excluding carboxylic acids is 1. The van der Waals surface area contributed by atoms with Gasteiger partial charge in [0.1, 0.15) is 5.75 Å². The van der Waals surface area contributed by atoms with Crippen LogP contribution in [0, 0.1) is 11.3 Å². The fraction of sp³-hybridized carbons (Fsp3) is 0.533. The zero-order chi connectivity index (χ0) is 24.4. The number of carbonyl (C=O) groups is 1. The number of hydrogen-bond donors (Lipinski definition) is 0. The topological polar surface area (TPSA) is 59.3 Å². The van der Waals surface area contributed by atoms with Crippen LogP contribution in [0.2, 0.25) is 0 Å². The second kappa shape index (κ2) is 16.8. The van der Waals surface area contributed by atoms with Crippen LogP contribution in [0.3, 0.4) is 0 Å². The smallest absolute Gasteiger partial charge is 0.347 e. The van der Waals surface area contributed by atoms with E-state index in [9.17, 15) is 4.79 Å². The molecular weight excluding hydrogens is 422 g/mol. The van der Waals surface area contributed by atoms with E-state index in [1.807, 2.05) is 48.5 Å². The Bertz CT molecular complexity index is 852. The van der Waals surface area contributed by atoms with Crippen LogP contribution in [0.4, 0.5) is 0 Å². The van der Waals surface area contributed by atoms with Crippen LogP contribution in [-0.4, -0.2) is 19.2 Å². The number of nitrogens with zero attached hydrogens (tertiary/aromatic N) is 1. The van der Waals surface area contributed by atoms with Crippen molar-refractivity contribution in [1.82, 2.24) is 0 Å². The fourth-order valence-electron chi connectivity index (χ4n) is 4.15. The Morgan fingerprint density at radius 1 is 0.765 bits per heavy atom. The molecule has 0 aromatic heterocycles. The normalized spacial score (nSPS) is 11.6. The molecule has 184 valence electrons. The third kappa shape index (κ3) is 10.4. The maximum atomic E-state index is 12.2. The third-order valence-corrected chi connectivity index (χ3v) is 6.26. The second-order valence-electron chi connectivity index (χ2n) is 9.02. The third-order valence-electron chi connectivity index (χ3n) is 6.26. The molecule has 1 unspecified atom stereocenters. The van der Waals surface area contributed by atoms with E-state index in [4.69, 9.17) is 14.7 Å². The van der Waals surface area contributed by atoms with E-state index in [0.29, 0.717) is 17.7 Å². The monoisotopic (exact) mass is 463 g/mol. The van der Waals surface area contributed by atoms with E-state index in [1.54, 1.807) is 0 Å². The van der Waals surface area contributed by atoms with Gasteiger partial charge in [-0.25, -0.2) is 4.79 Å². The van der Waals surface area contributed by atoms with Crippen molar-refractivity contribution >= 4 is 5.97 Å². The summed E-state index contributed by atoms with van der Waals surface area (Å²) in [7, 11) is 1.41. The molecule has 2 aromatic rings. The lowest BCUT2D eigenvalue weighted by atomic mass is 10.0. The highest BCUT2D eigenvalue weighted by molar-refractivity contribution is 5.75. The van der Waals surface area contributed by atoms with Crippen molar-refractivity contribution in [3.63, 3.8) is 0 Å². The highest BCUT2D eigenvalue weighted by atomic mass is 16.6. The first-order valence-electron chi connectivity index (χ1n) is 13.0. The van der Waals surface area contributed by atoms with Crippen molar-refractivity contribution in [3.05, 3.63) is 54.1 Å². The minimum absolute atomic E-state index is 0.320. The lowest BCUT2D eigenvalue weighted by Crippen LogP contribution is -2.28. The van der Waals surface area contributed by atoms with Gasteiger partial charge in [-0.15, -0.1) is 0 Å². The first kappa shape index (κ1) is 27.4. The Balaban J connectivity index is 1.69. The summed E-state index contributed by atoms with van der Waals surface area (Å²) >= 11 is 0. The molecule has 0 amide bonds. The van der Waals surface area contributed by atoms with Crippen LogP contribution in [0.5, 0.6) is 5.75 Å². The SMILES string of the molecule is CCCCCCCCCCCCCCC(Oc1ccc(-c2ccc(C#N)cc2)cc1)C(=O)OC. The quantitative estimate of drug-likeness (QED) is 0.175. The summed E-state index contributed by atoms with van der Waals surface area (Å²) in [5, 5.41) is 8.95. The molecule has 0 aliphatic heterocycles. The molecule has 4 heteroatoms. The summed E-state index contributed by atoms with van der Waals surface area (Å²) in [5.74, 6) is 0.339. The molecule has 2 aromatic carbocycles. The molecule has 0 fully saturated rings. The number of hydrogen-bond acceptors (Lipinski definition) is 4. The Labute approximate surface area is 206 Å². The molecule has 0 saturated heterocycles. The van der Waals surface area contributed by atoms with Gasteiger partial charge in [-0.1, -0.05) is 102 Å². The Morgan fingerprint density at radius 3 is 1.71 bits per heavy atom. The molecular formula is C30H41NO3. The predicted octanol–water partition coefficient (Wildman–Crippen LogP) is 8.24. The summed E-state index contributed by atoms with van der Waals surface area (Å²) < 4.78 is 10.9. The van der Waals surface area contributed by atoms with Crippen molar-refractivity contribution in [2.75, 3.05) is 7.11 Å². The zero-order valence-corrected chi connectivity index (χ0v) is 21.1. The largest absolute Gasteiger partial charge is 0.479 e. The van der Waals surface area contributed by atoms with Crippen molar-refractivity contribution in [2.24, 2.45) is 0 Å².